The Kier molecular flexibility index (Phi) is 5.58. The lowest BCUT2D eigenvalue weighted by molar-refractivity contribution is -0.120. The van der Waals surface area contributed by atoms with Crippen LogP contribution in [0.1, 0.15) is 18.1 Å². The molecule has 0 aliphatic heterocycles. The third-order valence-corrected chi connectivity index (χ3v) is 3.73. The second kappa shape index (κ2) is 7.64. The highest BCUT2D eigenvalue weighted by Crippen LogP contribution is 2.29. The quantitative estimate of drug-likeness (QED) is 0.917. The summed E-state index contributed by atoms with van der Waals surface area (Å²) >= 11 is 0. The molecule has 0 heterocycles. The van der Waals surface area contributed by atoms with Crippen LogP contribution in [0.2, 0.25) is 0 Å². The van der Waals surface area contributed by atoms with Crippen LogP contribution in [0.15, 0.2) is 42.5 Å². The number of nitrogens with one attached hydrogen (secondary N) is 1. The molecule has 0 radical (unpaired) electrons. The standard InChI is InChI=1S/C19H22N2O3/c1-13-9-10-18(24-4)17(11-13)21(15(3)22)12-19(23)20-16-8-6-5-7-14(16)2/h5-11H,12H2,1-4H3,(H,20,23). The summed E-state index contributed by atoms with van der Waals surface area (Å²) in [6, 6.07) is 13.0. The van der Waals surface area contributed by atoms with Crippen LogP contribution >= 0.6 is 0 Å². The molecule has 24 heavy (non-hydrogen) atoms. The maximum atomic E-state index is 12.4. The van der Waals surface area contributed by atoms with Gasteiger partial charge in [0.05, 0.1) is 12.8 Å². The van der Waals surface area contributed by atoms with Crippen LogP contribution in [-0.2, 0) is 9.59 Å². The molecule has 2 rings (SSSR count). The maximum Gasteiger partial charge on any atom is 0.244 e. The number of nitrogens with zero attached hydrogens (tertiary/aromatic N) is 1. The largest absolute Gasteiger partial charge is 0.495 e. The van der Waals surface area contributed by atoms with Gasteiger partial charge in [-0.05, 0) is 43.2 Å². The molecule has 0 bridgehead atoms. The summed E-state index contributed by atoms with van der Waals surface area (Å²) in [5.41, 5.74) is 3.27. The first-order chi connectivity index (χ1) is 11.4. The third kappa shape index (κ3) is 4.13. The normalized spacial score (nSPS) is 10.2. The number of carbonyl (C=O) groups is 2. The van der Waals surface area contributed by atoms with E-state index < -0.39 is 0 Å². The number of carbonyl (C=O) groups excluding carboxylic acids is 2. The molecule has 0 aliphatic carbocycles. The highest BCUT2D eigenvalue weighted by atomic mass is 16.5. The van der Waals surface area contributed by atoms with Gasteiger partial charge in [0.1, 0.15) is 12.3 Å². The first-order valence-corrected chi connectivity index (χ1v) is 7.70. The monoisotopic (exact) mass is 326 g/mol. The number of benzene rings is 2. The molecule has 2 aromatic rings. The smallest absolute Gasteiger partial charge is 0.244 e. The van der Waals surface area contributed by atoms with Crippen molar-refractivity contribution in [2.24, 2.45) is 0 Å². The first-order valence-electron chi connectivity index (χ1n) is 7.70. The summed E-state index contributed by atoms with van der Waals surface area (Å²) in [6.07, 6.45) is 0. The summed E-state index contributed by atoms with van der Waals surface area (Å²) in [5, 5.41) is 2.84. The minimum atomic E-state index is -0.261. The topological polar surface area (TPSA) is 58.6 Å². The molecule has 0 saturated heterocycles. The molecule has 1 N–H and O–H groups in total. The van der Waals surface area contributed by atoms with E-state index in [-0.39, 0.29) is 18.4 Å². The van der Waals surface area contributed by atoms with E-state index >= 15 is 0 Å². The fourth-order valence-corrected chi connectivity index (χ4v) is 2.42. The van der Waals surface area contributed by atoms with E-state index in [4.69, 9.17) is 4.74 Å². The highest BCUT2D eigenvalue weighted by molar-refractivity contribution is 6.02. The van der Waals surface area contributed by atoms with Gasteiger partial charge in [0.25, 0.3) is 0 Å². The van der Waals surface area contributed by atoms with E-state index in [1.54, 1.807) is 13.2 Å². The Bertz CT molecular complexity index is 756. The van der Waals surface area contributed by atoms with E-state index in [1.807, 2.05) is 50.2 Å². The Morgan fingerprint density at radius 3 is 2.46 bits per heavy atom. The summed E-state index contributed by atoms with van der Waals surface area (Å²) in [4.78, 5) is 25.9. The van der Waals surface area contributed by atoms with Gasteiger partial charge in [-0.3, -0.25) is 14.5 Å². The first kappa shape index (κ1) is 17.5. The van der Waals surface area contributed by atoms with Crippen molar-refractivity contribution < 1.29 is 14.3 Å². The zero-order chi connectivity index (χ0) is 17.7. The van der Waals surface area contributed by atoms with Crippen molar-refractivity contribution in [1.82, 2.24) is 0 Å². The van der Waals surface area contributed by atoms with Gasteiger partial charge in [0, 0.05) is 12.6 Å². The molecule has 0 saturated carbocycles. The number of ether oxygens (including phenoxy) is 1. The fourth-order valence-electron chi connectivity index (χ4n) is 2.42. The summed E-state index contributed by atoms with van der Waals surface area (Å²) in [5.74, 6) is 0.0707. The lowest BCUT2D eigenvalue weighted by Gasteiger charge is -2.23. The van der Waals surface area contributed by atoms with Crippen molar-refractivity contribution in [3.05, 3.63) is 53.6 Å². The van der Waals surface area contributed by atoms with Crippen LogP contribution in [-0.4, -0.2) is 25.5 Å². The predicted molar refractivity (Wildman–Crippen MR) is 95.6 cm³/mol. The van der Waals surface area contributed by atoms with Crippen molar-refractivity contribution in [3.8, 4) is 5.75 Å². The molecule has 0 spiro atoms. The Balaban J connectivity index is 2.23. The second-order valence-corrected chi connectivity index (χ2v) is 5.64. The zero-order valence-corrected chi connectivity index (χ0v) is 14.4. The van der Waals surface area contributed by atoms with Crippen LogP contribution in [0.3, 0.4) is 0 Å². The minimum absolute atomic E-state index is 0.0799. The Morgan fingerprint density at radius 1 is 1.12 bits per heavy atom. The van der Waals surface area contributed by atoms with Crippen LogP contribution in [0.4, 0.5) is 11.4 Å². The third-order valence-electron chi connectivity index (χ3n) is 3.73. The molecule has 0 atom stereocenters. The van der Waals surface area contributed by atoms with Gasteiger partial charge in [0.2, 0.25) is 11.8 Å². The van der Waals surface area contributed by atoms with Gasteiger partial charge in [0.15, 0.2) is 0 Å². The Hall–Kier alpha value is -2.82. The van der Waals surface area contributed by atoms with Gasteiger partial charge in [-0.25, -0.2) is 0 Å². The molecule has 0 aromatic heterocycles. The SMILES string of the molecule is COc1ccc(C)cc1N(CC(=O)Nc1ccccc1C)C(C)=O. The molecule has 2 amide bonds. The van der Waals surface area contributed by atoms with Gasteiger partial charge < -0.3 is 10.1 Å². The fraction of sp³-hybridized carbons (Fsp3) is 0.263. The number of amides is 2. The number of methoxy groups -OCH3 is 1. The van der Waals surface area contributed by atoms with Crippen molar-refractivity contribution in [2.45, 2.75) is 20.8 Å². The van der Waals surface area contributed by atoms with Gasteiger partial charge in [-0.1, -0.05) is 24.3 Å². The lowest BCUT2D eigenvalue weighted by atomic mass is 10.2. The summed E-state index contributed by atoms with van der Waals surface area (Å²) in [6.45, 7) is 5.20. The van der Waals surface area contributed by atoms with Crippen molar-refractivity contribution >= 4 is 23.2 Å². The van der Waals surface area contributed by atoms with E-state index in [0.717, 1.165) is 16.8 Å². The van der Waals surface area contributed by atoms with Crippen LogP contribution in [0.5, 0.6) is 5.75 Å². The van der Waals surface area contributed by atoms with E-state index in [2.05, 4.69) is 5.32 Å². The average Bonchev–Trinajstić information content (AvgIpc) is 2.54. The van der Waals surface area contributed by atoms with Crippen molar-refractivity contribution in [2.75, 3.05) is 23.9 Å². The van der Waals surface area contributed by atoms with Gasteiger partial charge >= 0.3 is 0 Å². The molecule has 0 unspecified atom stereocenters. The van der Waals surface area contributed by atoms with E-state index in [0.29, 0.717) is 11.4 Å². The molecule has 5 heteroatoms. The Morgan fingerprint density at radius 2 is 1.83 bits per heavy atom. The van der Waals surface area contributed by atoms with Crippen molar-refractivity contribution in [3.63, 3.8) is 0 Å². The Labute approximate surface area is 142 Å². The summed E-state index contributed by atoms with van der Waals surface area (Å²) in [7, 11) is 1.54. The van der Waals surface area contributed by atoms with Crippen LogP contribution in [0.25, 0.3) is 0 Å². The number of para-hydroxylation sites is 1. The molecular formula is C19H22N2O3. The van der Waals surface area contributed by atoms with Gasteiger partial charge in [-0.15, -0.1) is 0 Å². The minimum Gasteiger partial charge on any atom is -0.495 e. The van der Waals surface area contributed by atoms with Crippen LogP contribution < -0.4 is 15.0 Å². The molecule has 5 nitrogen and oxygen atoms in total. The average molecular weight is 326 g/mol. The second-order valence-electron chi connectivity index (χ2n) is 5.64. The van der Waals surface area contributed by atoms with E-state index in [1.165, 1.54) is 11.8 Å². The molecule has 126 valence electrons. The predicted octanol–water partition coefficient (Wildman–Crippen LogP) is 3.30. The van der Waals surface area contributed by atoms with Crippen molar-refractivity contribution in [1.29, 1.82) is 0 Å². The highest BCUT2D eigenvalue weighted by Gasteiger charge is 2.20. The molecule has 0 fully saturated rings. The van der Waals surface area contributed by atoms with Crippen LogP contribution in [0, 0.1) is 13.8 Å². The maximum absolute atomic E-state index is 12.4. The molecule has 2 aromatic carbocycles. The number of hydrogen-bond donors (Lipinski definition) is 1. The summed E-state index contributed by atoms with van der Waals surface area (Å²) < 4.78 is 5.32. The van der Waals surface area contributed by atoms with E-state index in [9.17, 15) is 9.59 Å². The number of rotatable bonds is 5. The molecular weight excluding hydrogens is 304 g/mol. The number of hydrogen-bond acceptors (Lipinski definition) is 3. The number of anilines is 2. The lowest BCUT2D eigenvalue weighted by Crippen LogP contribution is -2.37. The molecule has 0 aliphatic rings. The number of aryl methyl sites for hydroxylation is 2. The van der Waals surface area contributed by atoms with Gasteiger partial charge in [-0.2, -0.15) is 0 Å². The zero-order valence-electron chi connectivity index (χ0n) is 14.4.